The van der Waals surface area contributed by atoms with Crippen molar-refractivity contribution in [3.8, 4) is 0 Å². The Morgan fingerprint density at radius 2 is 1.69 bits per heavy atom. The lowest BCUT2D eigenvalue weighted by Gasteiger charge is -2.19. The average Bonchev–Trinajstić information content (AvgIpc) is 2.63. The predicted octanol–water partition coefficient (Wildman–Crippen LogP) is 2.51. The fraction of sp³-hybridized carbons (Fsp3) is 0.300. The smallest absolute Gasteiger partial charge is 0.337 e. The molecular formula is C20H24FN2O3+. The maximum absolute atomic E-state index is 13.1. The van der Waals surface area contributed by atoms with Gasteiger partial charge in [-0.05, 0) is 36.4 Å². The highest BCUT2D eigenvalue weighted by Crippen LogP contribution is 2.17. The standard InChI is InChI=1S/C20H23FN2O3/c1-13(2)19(14-4-8-16(21)9-5-14)22-12-18(24)23-17-10-6-15(7-11-17)20(25)26-3/h4-11,13,19,22H,12H2,1-3H3,(H,23,24)/p+1/t19-/m0/s1. The minimum absolute atomic E-state index is 0.0584. The number of benzene rings is 2. The van der Waals surface area contributed by atoms with Gasteiger partial charge in [0.2, 0.25) is 0 Å². The number of quaternary nitrogens is 1. The Balaban J connectivity index is 1.93. The number of methoxy groups -OCH3 is 1. The van der Waals surface area contributed by atoms with Gasteiger partial charge in [0.1, 0.15) is 11.9 Å². The summed E-state index contributed by atoms with van der Waals surface area (Å²) in [6.45, 7) is 4.36. The highest BCUT2D eigenvalue weighted by Gasteiger charge is 2.20. The quantitative estimate of drug-likeness (QED) is 0.746. The predicted molar refractivity (Wildman–Crippen MR) is 97.2 cm³/mol. The highest BCUT2D eigenvalue weighted by atomic mass is 19.1. The molecule has 5 nitrogen and oxygen atoms in total. The third kappa shape index (κ3) is 5.39. The van der Waals surface area contributed by atoms with E-state index in [2.05, 4.69) is 23.9 Å². The van der Waals surface area contributed by atoms with Gasteiger partial charge in [-0.2, -0.15) is 0 Å². The first kappa shape index (κ1) is 19.6. The summed E-state index contributed by atoms with van der Waals surface area (Å²) in [6.07, 6.45) is 0. The van der Waals surface area contributed by atoms with Crippen LogP contribution in [0.4, 0.5) is 10.1 Å². The van der Waals surface area contributed by atoms with Gasteiger partial charge in [-0.3, -0.25) is 4.79 Å². The maximum atomic E-state index is 13.1. The molecule has 3 N–H and O–H groups in total. The molecule has 138 valence electrons. The van der Waals surface area contributed by atoms with E-state index < -0.39 is 5.97 Å². The van der Waals surface area contributed by atoms with Gasteiger partial charge < -0.3 is 15.4 Å². The molecule has 1 amide bonds. The fourth-order valence-electron chi connectivity index (χ4n) is 2.73. The fourth-order valence-corrected chi connectivity index (χ4v) is 2.73. The van der Waals surface area contributed by atoms with E-state index in [-0.39, 0.29) is 30.2 Å². The van der Waals surface area contributed by atoms with Crippen molar-refractivity contribution in [1.82, 2.24) is 0 Å². The van der Waals surface area contributed by atoms with Gasteiger partial charge in [-0.15, -0.1) is 0 Å². The molecule has 0 spiro atoms. The van der Waals surface area contributed by atoms with E-state index in [4.69, 9.17) is 0 Å². The van der Waals surface area contributed by atoms with Crippen LogP contribution in [0.15, 0.2) is 48.5 Å². The Kier molecular flexibility index (Phi) is 6.86. The van der Waals surface area contributed by atoms with E-state index in [0.717, 1.165) is 5.56 Å². The first-order valence-corrected chi connectivity index (χ1v) is 8.47. The molecule has 0 aliphatic carbocycles. The average molecular weight is 359 g/mol. The van der Waals surface area contributed by atoms with Crippen LogP contribution in [-0.2, 0) is 9.53 Å². The second kappa shape index (κ2) is 9.10. The molecule has 0 heterocycles. The normalized spacial score (nSPS) is 11.9. The van der Waals surface area contributed by atoms with E-state index in [0.29, 0.717) is 11.3 Å². The van der Waals surface area contributed by atoms with Gasteiger partial charge >= 0.3 is 5.97 Å². The molecule has 6 heteroatoms. The molecule has 1 atom stereocenters. The molecule has 2 aromatic carbocycles. The zero-order valence-corrected chi connectivity index (χ0v) is 15.2. The number of rotatable bonds is 7. The van der Waals surface area contributed by atoms with Crippen molar-refractivity contribution in [2.75, 3.05) is 19.0 Å². The van der Waals surface area contributed by atoms with Gasteiger partial charge in [-0.1, -0.05) is 26.0 Å². The summed E-state index contributed by atoms with van der Waals surface area (Å²) >= 11 is 0. The topological polar surface area (TPSA) is 72.0 Å². The van der Waals surface area contributed by atoms with Crippen molar-refractivity contribution < 1.29 is 24.0 Å². The van der Waals surface area contributed by atoms with E-state index >= 15 is 0 Å². The lowest BCUT2D eigenvalue weighted by Crippen LogP contribution is -2.88. The molecule has 0 aliphatic heterocycles. The number of amides is 1. The summed E-state index contributed by atoms with van der Waals surface area (Å²) in [5, 5.41) is 4.74. The Morgan fingerprint density at radius 1 is 1.08 bits per heavy atom. The SMILES string of the molecule is COC(=O)c1ccc(NC(=O)C[NH2+][C@H](c2ccc(F)cc2)C(C)C)cc1. The minimum Gasteiger partial charge on any atom is -0.465 e. The molecule has 0 fully saturated rings. The molecule has 0 aromatic heterocycles. The van der Waals surface area contributed by atoms with Crippen LogP contribution >= 0.6 is 0 Å². The summed E-state index contributed by atoms with van der Waals surface area (Å²) in [4.78, 5) is 23.6. The van der Waals surface area contributed by atoms with Gasteiger partial charge in [0.05, 0.1) is 12.7 Å². The second-order valence-electron chi connectivity index (χ2n) is 6.38. The maximum Gasteiger partial charge on any atom is 0.337 e. The number of hydrogen-bond donors (Lipinski definition) is 2. The van der Waals surface area contributed by atoms with Crippen LogP contribution in [0.3, 0.4) is 0 Å². The van der Waals surface area contributed by atoms with Crippen molar-refractivity contribution in [2.45, 2.75) is 19.9 Å². The van der Waals surface area contributed by atoms with Crippen LogP contribution in [0.2, 0.25) is 0 Å². The monoisotopic (exact) mass is 359 g/mol. The number of anilines is 1. The zero-order chi connectivity index (χ0) is 19.1. The third-order valence-corrected chi connectivity index (χ3v) is 4.12. The number of esters is 1. The third-order valence-electron chi connectivity index (χ3n) is 4.12. The number of ether oxygens (including phenoxy) is 1. The molecule has 2 rings (SSSR count). The summed E-state index contributed by atoms with van der Waals surface area (Å²) < 4.78 is 17.7. The van der Waals surface area contributed by atoms with Crippen molar-refractivity contribution in [1.29, 1.82) is 0 Å². The van der Waals surface area contributed by atoms with Gasteiger partial charge in [-0.25, -0.2) is 9.18 Å². The van der Waals surface area contributed by atoms with Gasteiger partial charge in [0, 0.05) is 17.2 Å². The summed E-state index contributed by atoms with van der Waals surface area (Å²) in [6, 6.07) is 12.9. The van der Waals surface area contributed by atoms with Crippen molar-refractivity contribution in [2.24, 2.45) is 5.92 Å². The van der Waals surface area contributed by atoms with Crippen LogP contribution in [0, 0.1) is 11.7 Å². The van der Waals surface area contributed by atoms with Crippen molar-refractivity contribution in [3.63, 3.8) is 0 Å². The summed E-state index contributed by atoms with van der Waals surface area (Å²) in [7, 11) is 1.32. The van der Waals surface area contributed by atoms with Crippen molar-refractivity contribution >= 4 is 17.6 Å². The molecule has 2 aromatic rings. The summed E-state index contributed by atoms with van der Waals surface area (Å²) in [5.74, 6) is -0.559. The summed E-state index contributed by atoms with van der Waals surface area (Å²) in [5.41, 5.74) is 2.02. The van der Waals surface area contributed by atoms with Crippen LogP contribution in [0.1, 0.15) is 35.8 Å². The lowest BCUT2D eigenvalue weighted by atomic mass is 9.96. The number of hydrogen-bond acceptors (Lipinski definition) is 3. The van der Waals surface area contributed by atoms with Crippen molar-refractivity contribution in [3.05, 3.63) is 65.5 Å². The second-order valence-corrected chi connectivity index (χ2v) is 6.38. The molecule has 0 bridgehead atoms. The molecule has 0 saturated carbocycles. The molecule has 0 aliphatic rings. The largest absolute Gasteiger partial charge is 0.465 e. The van der Waals surface area contributed by atoms with E-state index in [1.807, 2.05) is 5.32 Å². The minimum atomic E-state index is -0.421. The number of halogens is 1. The first-order chi connectivity index (χ1) is 12.4. The van der Waals surface area contributed by atoms with E-state index in [1.54, 1.807) is 36.4 Å². The number of carbonyl (C=O) groups is 2. The molecule has 0 radical (unpaired) electrons. The van der Waals surface area contributed by atoms with Gasteiger partial charge in [0.15, 0.2) is 6.54 Å². The van der Waals surface area contributed by atoms with E-state index in [9.17, 15) is 14.0 Å². The molecule has 26 heavy (non-hydrogen) atoms. The Morgan fingerprint density at radius 3 is 2.23 bits per heavy atom. The number of nitrogens with two attached hydrogens (primary N) is 1. The molecule has 0 unspecified atom stereocenters. The van der Waals surface area contributed by atoms with Crippen LogP contribution in [-0.4, -0.2) is 25.5 Å². The Bertz CT molecular complexity index is 743. The zero-order valence-electron chi connectivity index (χ0n) is 15.2. The van der Waals surface area contributed by atoms with Crippen LogP contribution in [0.25, 0.3) is 0 Å². The van der Waals surface area contributed by atoms with E-state index in [1.165, 1.54) is 19.2 Å². The highest BCUT2D eigenvalue weighted by molar-refractivity contribution is 5.93. The van der Waals surface area contributed by atoms with Crippen LogP contribution in [0.5, 0.6) is 0 Å². The Hall–Kier alpha value is -2.73. The Labute approximate surface area is 152 Å². The number of carbonyl (C=O) groups excluding carboxylic acids is 2. The first-order valence-electron chi connectivity index (χ1n) is 8.47. The number of nitrogens with one attached hydrogen (secondary N) is 1. The molecular weight excluding hydrogens is 335 g/mol. The lowest BCUT2D eigenvalue weighted by molar-refractivity contribution is -0.692. The van der Waals surface area contributed by atoms with Crippen LogP contribution < -0.4 is 10.6 Å². The van der Waals surface area contributed by atoms with Gasteiger partial charge in [0.25, 0.3) is 5.91 Å². The molecule has 0 saturated heterocycles.